The van der Waals surface area contributed by atoms with Crippen molar-refractivity contribution in [3.63, 3.8) is 0 Å². The average Bonchev–Trinajstić information content (AvgIpc) is 2.46. The van der Waals surface area contributed by atoms with Crippen LogP contribution < -0.4 is 5.32 Å². The quantitative estimate of drug-likeness (QED) is 0.695. The number of hydrogen-bond donors (Lipinski definition) is 1. The maximum Gasteiger partial charge on any atom is 0.252 e. The Morgan fingerprint density at radius 1 is 1.00 bits per heavy atom. The molecular formula is C13H8F4N2O. The molecule has 0 unspecified atom stereocenters. The summed E-state index contributed by atoms with van der Waals surface area (Å²) in [4.78, 5) is 14.1. The van der Waals surface area contributed by atoms with Crippen LogP contribution in [0.2, 0.25) is 0 Å². The van der Waals surface area contributed by atoms with Crippen molar-refractivity contribution in [2.45, 2.75) is 6.54 Å². The maximum absolute atomic E-state index is 13.3. The topological polar surface area (TPSA) is 42.0 Å². The standard InChI is InChI=1S/C13H8F4N2O/c14-9-8(10(15)12(17)19-11(9)16)6-18-13(20)7-4-2-1-3-5-7/h1-5H,6H2,(H,18,20). The van der Waals surface area contributed by atoms with Crippen LogP contribution in [0.4, 0.5) is 17.6 Å². The Kier molecular flexibility index (Phi) is 3.97. The Morgan fingerprint density at radius 3 is 2.10 bits per heavy atom. The molecule has 0 saturated heterocycles. The van der Waals surface area contributed by atoms with Gasteiger partial charge in [0.25, 0.3) is 17.8 Å². The van der Waals surface area contributed by atoms with E-state index in [2.05, 4.69) is 10.3 Å². The molecule has 0 aliphatic rings. The summed E-state index contributed by atoms with van der Waals surface area (Å²) >= 11 is 0. The molecular weight excluding hydrogens is 276 g/mol. The molecule has 1 N–H and O–H groups in total. The van der Waals surface area contributed by atoms with E-state index in [-0.39, 0.29) is 5.56 Å². The van der Waals surface area contributed by atoms with Crippen LogP contribution in [-0.4, -0.2) is 10.9 Å². The van der Waals surface area contributed by atoms with E-state index in [4.69, 9.17) is 0 Å². The van der Waals surface area contributed by atoms with Gasteiger partial charge in [0.05, 0.1) is 5.56 Å². The van der Waals surface area contributed by atoms with Crippen LogP contribution in [0.5, 0.6) is 0 Å². The van der Waals surface area contributed by atoms with E-state index >= 15 is 0 Å². The zero-order valence-corrected chi connectivity index (χ0v) is 9.96. The fourth-order valence-electron chi connectivity index (χ4n) is 1.55. The van der Waals surface area contributed by atoms with Gasteiger partial charge < -0.3 is 5.32 Å². The van der Waals surface area contributed by atoms with Gasteiger partial charge in [-0.25, -0.2) is 8.78 Å². The molecule has 0 spiro atoms. The minimum Gasteiger partial charge on any atom is -0.348 e. The molecule has 0 aliphatic carbocycles. The summed E-state index contributed by atoms with van der Waals surface area (Å²) in [6, 6.07) is 7.85. The van der Waals surface area contributed by atoms with Crippen LogP contribution in [-0.2, 0) is 6.54 Å². The van der Waals surface area contributed by atoms with E-state index in [0.717, 1.165) is 0 Å². The monoisotopic (exact) mass is 284 g/mol. The predicted molar refractivity (Wildman–Crippen MR) is 61.7 cm³/mol. The van der Waals surface area contributed by atoms with E-state index in [1.165, 1.54) is 12.1 Å². The molecule has 2 aromatic rings. The molecule has 1 heterocycles. The van der Waals surface area contributed by atoms with Crippen molar-refractivity contribution in [3.05, 3.63) is 65.0 Å². The van der Waals surface area contributed by atoms with Crippen molar-refractivity contribution in [2.75, 3.05) is 0 Å². The Labute approximate surface area is 111 Å². The predicted octanol–water partition coefficient (Wildman–Crippen LogP) is 2.57. The zero-order valence-electron chi connectivity index (χ0n) is 9.96. The van der Waals surface area contributed by atoms with Crippen molar-refractivity contribution in [3.8, 4) is 0 Å². The molecule has 104 valence electrons. The van der Waals surface area contributed by atoms with Crippen LogP contribution in [0.15, 0.2) is 30.3 Å². The normalized spacial score (nSPS) is 10.4. The van der Waals surface area contributed by atoms with Crippen molar-refractivity contribution < 1.29 is 22.4 Å². The molecule has 0 radical (unpaired) electrons. The number of aromatic nitrogens is 1. The van der Waals surface area contributed by atoms with Crippen LogP contribution in [0.25, 0.3) is 0 Å². The molecule has 1 amide bonds. The summed E-state index contributed by atoms with van der Waals surface area (Å²) in [7, 11) is 0. The van der Waals surface area contributed by atoms with Gasteiger partial charge in [-0.2, -0.15) is 13.8 Å². The fraction of sp³-hybridized carbons (Fsp3) is 0.0769. The number of nitrogens with one attached hydrogen (secondary N) is 1. The lowest BCUT2D eigenvalue weighted by Crippen LogP contribution is -2.24. The lowest BCUT2D eigenvalue weighted by molar-refractivity contribution is 0.0950. The van der Waals surface area contributed by atoms with Gasteiger partial charge in [0.2, 0.25) is 0 Å². The largest absolute Gasteiger partial charge is 0.348 e. The van der Waals surface area contributed by atoms with Crippen LogP contribution >= 0.6 is 0 Å². The third-order valence-electron chi connectivity index (χ3n) is 2.55. The number of amides is 1. The number of nitrogens with zero attached hydrogens (tertiary/aromatic N) is 1. The summed E-state index contributed by atoms with van der Waals surface area (Å²) in [5.74, 6) is -7.39. The highest BCUT2D eigenvalue weighted by molar-refractivity contribution is 5.94. The number of hydrogen-bond acceptors (Lipinski definition) is 2. The summed E-state index contributed by atoms with van der Waals surface area (Å²) in [5, 5.41) is 2.17. The Hall–Kier alpha value is -2.44. The van der Waals surface area contributed by atoms with Gasteiger partial charge in [-0.1, -0.05) is 18.2 Å². The highest BCUT2D eigenvalue weighted by atomic mass is 19.2. The lowest BCUT2D eigenvalue weighted by Gasteiger charge is -2.08. The third kappa shape index (κ3) is 2.76. The van der Waals surface area contributed by atoms with Gasteiger partial charge in [0.15, 0.2) is 11.6 Å². The van der Waals surface area contributed by atoms with Crippen molar-refractivity contribution >= 4 is 5.91 Å². The Bertz CT molecular complexity index is 620. The smallest absolute Gasteiger partial charge is 0.252 e. The number of halogens is 4. The van der Waals surface area contributed by atoms with Crippen LogP contribution in [0.3, 0.4) is 0 Å². The molecule has 20 heavy (non-hydrogen) atoms. The Balaban J connectivity index is 2.18. The molecule has 0 atom stereocenters. The molecule has 7 heteroatoms. The fourth-order valence-corrected chi connectivity index (χ4v) is 1.55. The minimum atomic E-state index is -1.76. The van der Waals surface area contributed by atoms with E-state index in [0.29, 0.717) is 0 Å². The second-order valence-electron chi connectivity index (χ2n) is 3.85. The summed E-state index contributed by atoms with van der Waals surface area (Å²) in [6.07, 6.45) is 0. The number of carbonyl (C=O) groups excluding carboxylic acids is 1. The SMILES string of the molecule is O=C(NCc1c(F)c(F)nc(F)c1F)c1ccccc1. The third-order valence-corrected chi connectivity index (χ3v) is 2.55. The molecule has 0 fully saturated rings. The molecule has 3 nitrogen and oxygen atoms in total. The van der Waals surface area contributed by atoms with Crippen LogP contribution in [0, 0.1) is 23.5 Å². The first-order valence-electron chi connectivity index (χ1n) is 5.53. The number of benzene rings is 1. The van der Waals surface area contributed by atoms with E-state index in [9.17, 15) is 22.4 Å². The van der Waals surface area contributed by atoms with Gasteiger partial charge >= 0.3 is 0 Å². The average molecular weight is 284 g/mol. The van der Waals surface area contributed by atoms with Gasteiger partial charge in [-0.15, -0.1) is 0 Å². The maximum atomic E-state index is 13.3. The molecule has 1 aromatic heterocycles. The van der Waals surface area contributed by atoms with Gasteiger partial charge in [-0.05, 0) is 12.1 Å². The van der Waals surface area contributed by atoms with Crippen LogP contribution in [0.1, 0.15) is 15.9 Å². The van der Waals surface area contributed by atoms with E-state index in [1.54, 1.807) is 18.2 Å². The van der Waals surface area contributed by atoms with E-state index < -0.39 is 41.5 Å². The molecule has 1 aromatic carbocycles. The van der Waals surface area contributed by atoms with Gasteiger partial charge in [0, 0.05) is 12.1 Å². The molecule has 0 aliphatic heterocycles. The van der Waals surface area contributed by atoms with Crippen molar-refractivity contribution in [2.24, 2.45) is 0 Å². The van der Waals surface area contributed by atoms with Gasteiger partial charge in [-0.3, -0.25) is 4.79 Å². The lowest BCUT2D eigenvalue weighted by atomic mass is 10.2. The first-order chi connectivity index (χ1) is 9.50. The first-order valence-corrected chi connectivity index (χ1v) is 5.53. The number of carbonyl (C=O) groups is 1. The molecule has 2 rings (SSSR count). The number of rotatable bonds is 3. The summed E-state index contributed by atoms with van der Waals surface area (Å²) in [6.45, 7) is -0.693. The highest BCUT2D eigenvalue weighted by Crippen LogP contribution is 2.16. The van der Waals surface area contributed by atoms with Crippen molar-refractivity contribution in [1.82, 2.24) is 10.3 Å². The molecule has 0 saturated carbocycles. The number of pyridine rings is 1. The second-order valence-corrected chi connectivity index (χ2v) is 3.85. The second kappa shape index (κ2) is 5.68. The zero-order chi connectivity index (χ0) is 14.7. The first kappa shape index (κ1) is 14.0. The highest BCUT2D eigenvalue weighted by Gasteiger charge is 2.21. The van der Waals surface area contributed by atoms with Gasteiger partial charge in [0.1, 0.15) is 0 Å². The van der Waals surface area contributed by atoms with Crippen molar-refractivity contribution in [1.29, 1.82) is 0 Å². The summed E-state index contributed by atoms with van der Waals surface area (Å²) < 4.78 is 52.3. The summed E-state index contributed by atoms with van der Waals surface area (Å²) in [5.41, 5.74) is -0.664. The minimum absolute atomic E-state index is 0.253. The molecule has 0 bridgehead atoms. The van der Waals surface area contributed by atoms with E-state index in [1.807, 2.05) is 0 Å². The Morgan fingerprint density at radius 2 is 1.55 bits per heavy atom.